The number of benzene rings is 3. The second-order valence-corrected chi connectivity index (χ2v) is 6.99. The van der Waals surface area contributed by atoms with E-state index in [-0.39, 0.29) is 5.75 Å². The minimum atomic E-state index is -0.923. The highest BCUT2D eigenvalue weighted by atomic mass is 35.5. The van der Waals surface area contributed by atoms with Crippen molar-refractivity contribution in [1.29, 1.82) is 0 Å². The maximum Gasteiger partial charge on any atom is 0.343 e. The number of rotatable bonds is 7. The number of nitrogens with zero attached hydrogens (tertiary/aromatic N) is 1. The summed E-state index contributed by atoms with van der Waals surface area (Å²) in [4.78, 5) is 36.2. The zero-order valence-electron chi connectivity index (χ0n) is 17.6. The normalized spacial score (nSPS) is 10.5. The first kappa shape index (κ1) is 23.5. The Hall–Kier alpha value is -4.17. The number of hydrogen-bond acceptors (Lipinski definition) is 6. The van der Waals surface area contributed by atoms with Gasteiger partial charge in [0.2, 0.25) is 0 Å². The SMILES string of the molecule is CCOc1cc(/C=N/NC(=O)C(=O)Nc2ccccc2)ccc1OC(=O)c1ccc(Cl)cc1. The van der Waals surface area contributed by atoms with Crippen LogP contribution < -0.4 is 20.2 Å². The highest BCUT2D eigenvalue weighted by molar-refractivity contribution is 6.39. The van der Waals surface area contributed by atoms with Gasteiger partial charge in [0.1, 0.15) is 0 Å². The quantitative estimate of drug-likeness (QED) is 0.180. The van der Waals surface area contributed by atoms with Crippen molar-refractivity contribution in [2.75, 3.05) is 11.9 Å². The third-order valence-electron chi connectivity index (χ3n) is 4.17. The van der Waals surface area contributed by atoms with E-state index in [1.54, 1.807) is 79.7 Å². The Balaban J connectivity index is 1.63. The van der Waals surface area contributed by atoms with E-state index in [0.717, 1.165) is 0 Å². The third kappa shape index (κ3) is 6.91. The summed E-state index contributed by atoms with van der Waals surface area (Å²) in [6.07, 6.45) is 1.33. The van der Waals surface area contributed by atoms with E-state index in [0.29, 0.717) is 34.2 Å². The second kappa shape index (κ2) is 11.4. The van der Waals surface area contributed by atoms with E-state index >= 15 is 0 Å². The van der Waals surface area contributed by atoms with Gasteiger partial charge in [0, 0.05) is 10.7 Å². The first-order valence-corrected chi connectivity index (χ1v) is 10.3. The van der Waals surface area contributed by atoms with Gasteiger partial charge in [0.25, 0.3) is 0 Å². The molecule has 0 unspecified atom stereocenters. The number of nitrogens with one attached hydrogen (secondary N) is 2. The van der Waals surface area contributed by atoms with Crippen molar-refractivity contribution in [2.24, 2.45) is 5.10 Å². The van der Waals surface area contributed by atoms with E-state index in [4.69, 9.17) is 21.1 Å². The molecule has 0 aromatic heterocycles. The van der Waals surface area contributed by atoms with Crippen LogP contribution in [0.2, 0.25) is 5.02 Å². The fourth-order valence-corrected chi connectivity index (χ4v) is 2.75. The van der Waals surface area contributed by atoms with Crippen molar-refractivity contribution in [3.05, 3.63) is 88.9 Å². The van der Waals surface area contributed by atoms with Crippen LogP contribution >= 0.6 is 11.6 Å². The molecule has 0 spiro atoms. The molecule has 0 atom stereocenters. The van der Waals surface area contributed by atoms with Crippen LogP contribution in [0.25, 0.3) is 0 Å². The van der Waals surface area contributed by atoms with E-state index in [1.165, 1.54) is 6.21 Å². The maximum absolute atomic E-state index is 12.4. The Bertz CT molecular complexity index is 1160. The summed E-state index contributed by atoms with van der Waals surface area (Å²) in [5, 5.41) is 6.76. The van der Waals surface area contributed by atoms with Gasteiger partial charge in [-0.15, -0.1) is 0 Å². The van der Waals surface area contributed by atoms with Crippen LogP contribution in [0, 0.1) is 0 Å². The molecule has 0 aliphatic heterocycles. The van der Waals surface area contributed by atoms with E-state index in [1.807, 2.05) is 0 Å². The molecular weight excluding hydrogens is 446 g/mol. The molecule has 2 N–H and O–H groups in total. The van der Waals surface area contributed by atoms with Gasteiger partial charge in [-0.2, -0.15) is 5.10 Å². The molecule has 0 saturated carbocycles. The summed E-state index contributed by atoms with van der Waals surface area (Å²) < 4.78 is 11.0. The third-order valence-corrected chi connectivity index (χ3v) is 4.42. The van der Waals surface area contributed by atoms with Crippen LogP contribution in [0.15, 0.2) is 77.9 Å². The van der Waals surface area contributed by atoms with Crippen molar-refractivity contribution in [3.8, 4) is 11.5 Å². The van der Waals surface area contributed by atoms with Crippen LogP contribution in [0.3, 0.4) is 0 Å². The standard InChI is InChI=1S/C24H20ClN3O5/c1-2-32-21-14-16(8-13-20(21)33-24(31)17-9-11-18(25)12-10-17)15-26-28-23(30)22(29)27-19-6-4-3-5-7-19/h3-15H,2H2,1H3,(H,27,29)(H,28,30)/b26-15+. The van der Waals surface area contributed by atoms with Crippen molar-refractivity contribution in [2.45, 2.75) is 6.92 Å². The largest absolute Gasteiger partial charge is 0.490 e. The smallest absolute Gasteiger partial charge is 0.343 e. The molecule has 0 bridgehead atoms. The van der Waals surface area contributed by atoms with E-state index in [9.17, 15) is 14.4 Å². The van der Waals surface area contributed by atoms with Crippen molar-refractivity contribution in [1.82, 2.24) is 5.43 Å². The number of ether oxygens (including phenoxy) is 2. The Morgan fingerprint density at radius 2 is 1.67 bits per heavy atom. The lowest BCUT2D eigenvalue weighted by Crippen LogP contribution is -2.32. The first-order chi connectivity index (χ1) is 16.0. The van der Waals surface area contributed by atoms with Gasteiger partial charge >= 0.3 is 17.8 Å². The highest BCUT2D eigenvalue weighted by Gasteiger charge is 2.14. The fraction of sp³-hybridized carbons (Fsp3) is 0.0833. The molecule has 0 aliphatic carbocycles. The molecular formula is C24H20ClN3O5. The number of amides is 2. The first-order valence-electron chi connectivity index (χ1n) is 9.90. The zero-order chi connectivity index (χ0) is 23.6. The number of halogens is 1. The minimum Gasteiger partial charge on any atom is -0.490 e. The van der Waals surface area contributed by atoms with Gasteiger partial charge in [0.05, 0.1) is 18.4 Å². The molecule has 0 aliphatic rings. The molecule has 0 saturated heterocycles. The van der Waals surface area contributed by atoms with Crippen molar-refractivity contribution < 1.29 is 23.9 Å². The van der Waals surface area contributed by atoms with E-state index in [2.05, 4.69) is 15.8 Å². The van der Waals surface area contributed by atoms with E-state index < -0.39 is 17.8 Å². The monoisotopic (exact) mass is 465 g/mol. The second-order valence-electron chi connectivity index (χ2n) is 6.55. The number of esters is 1. The summed E-state index contributed by atoms with van der Waals surface area (Å²) in [6.45, 7) is 2.12. The molecule has 8 nitrogen and oxygen atoms in total. The van der Waals surface area contributed by atoms with Gasteiger partial charge in [-0.05, 0) is 67.1 Å². The number of carbonyl (C=O) groups is 3. The van der Waals surface area contributed by atoms with Crippen LogP contribution in [0.4, 0.5) is 5.69 Å². The molecule has 0 fully saturated rings. The zero-order valence-corrected chi connectivity index (χ0v) is 18.3. The van der Waals surface area contributed by atoms with Crippen LogP contribution in [-0.2, 0) is 9.59 Å². The Morgan fingerprint density at radius 1 is 0.939 bits per heavy atom. The van der Waals surface area contributed by atoms with Crippen molar-refractivity contribution in [3.63, 3.8) is 0 Å². The van der Waals surface area contributed by atoms with Crippen LogP contribution in [-0.4, -0.2) is 30.6 Å². The molecule has 168 valence electrons. The summed E-state index contributed by atoms with van der Waals surface area (Å²) in [5.41, 5.74) is 3.54. The van der Waals surface area contributed by atoms with Gasteiger partial charge in [-0.1, -0.05) is 29.8 Å². The topological polar surface area (TPSA) is 106 Å². The predicted molar refractivity (Wildman–Crippen MR) is 125 cm³/mol. The van der Waals surface area contributed by atoms with Gasteiger partial charge in [-0.3, -0.25) is 9.59 Å². The lowest BCUT2D eigenvalue weighted by Gasteiger charge is -2.11. The van der Waals surface area contributed by atoms with Gasteiger partial charge in [0.15, 0.2) is 11.5 Å². The summed E-state index contributed by atoms with van der Waals surface area (Å²) in [6, 6.07) is 19.6. The van der Waals surface area contributed by atoms with Gasteiger partial charge in [-0.25, -0.2) is 10.2 Å². The average Bonchev–Trinajstić information content (AvgIpc) is 2.81. The number of hydrogen-bond donors (Lipinski definition) is 2. The maximum atomic E-state index is 12.4. The highest BCUT2D eigenvalue weighted by Crippen LogP contribution is 2.29. The van der Waals surface area contributed by atoms with Crippen LogP contribution in [0.1, 0.15) is 22.8 Å². The molecule has 3 aromatic rings. The Kier molecular flexibility index (Phi) is 8.15. The summed E-state index contributed by atoms with van der Waals surface area (Å²) in [7, 11) is 0. The molecule has 9 heteroatoms. The average molecular weight is 466 g/mol. The fourth-order valence-electron chi connectivity index (χ4n) is 2.63. The predicted octanol–water partition coefficient (Wildman–Crippen LogP) is 4.05. The van der Waals surface area contributed by atoms with Crippen LogP contribution in [0.5, 0.6) is 11.5 Å². The van der Waals surface area contributed by atoms with Gasteiger partial charge < -0.3 is 14.8 Å². The lowest BCUT2D eigenvalue weighted by molar-refractivity contribution is -0.136. The van der Waals surface area contributed by atoms with Crippen molar-refractivity contribution >= 4 is 41.3 Å². The molecule has 33 heavy (non-hydrogen) atoms. The Labute approximate surface area is 195 Å². The number of hydrazone groups is 1. The number of para-hydroxylation sites is 1. The molecule has 3 rings (SSSR count). The molecule has 0 radical (unpaired) electrons. The number of carbonyl (C=O) groups excluding carboxylic acids is 3. The summed E-state index contributed by atoms with van der Waals surface area (Å²) in [5.74, 6) is -1.80. The minimum absolute atomic E-state index is 0.222. The molecule has 2 amide bonds. The number of anilines is 1. The molecule has 3 aromatic carbocycles. The Morgan fingerprint density at radius 3 is 2.36 bits per heavy atom. The summed E-state index contributed by atoms with van der Waals surface area (Å²) >= 11 is 5.84. The molecule has 0 heterocycles. The lowest BCUT2D eigenvalue weighted by atomic mass is 10.2.